The third-order valence-corrected chi connectivity index (χ3v) is 5.04. The lowest BCUT2D eigenvalue weighted by Crippen LogP contribution is -2.06. The monoisotopic (exact) mass is 448 g/mol. The first-order chi connectivity index (χ1) is 15.5. The molecule has 7 nitrogen and oxygen atoms in total. The number of carbonyl (C=O) groups is 1. The number of ether oxygens (including phenoxy) is 2. The van der Waals surface area contributed by atoms with E-state index in [0.29, 0.717) is 17.9 Å². The summed E-state index contributed by atoms with van der Waals surface area (Å²) >= 11 is 6.14. The van der Waals surface area contributed by atoms with Gasteiger partial charge in [-0.2, -0.15) is 0 Å². The molecule has 1 heterocycles. The molecule has 0 spiro atoms. The van der Waals surface area contributed by atoms with Gasteiger partial charge in [-0.1, -0.05) is 60.1 Å². The number of cyclic esters (lactones) is 1. The zero-order valence-electron chi connectivity index (χ0n) is 16.7. The number of rotatable bonds is 7. The van der Waals surface area contributed by atoms with Crippen molar-refractivity contribution in [2.75, 3.05) is 6.61 Å². The Morgan fingerprint density at radius 3 is 2.59 bits per heavy atom. The molecular weight excluding hydrogens is 432 g/mol. The first-order valence-corrected chi connectivity index (χ1v) is 10.1. The molecular formula is C24H17ClN2O5. The zero-order valence-corrected chi connectivity index (χ0v) is 17.5. The molecule has 1 aliphatic rings. The molecule has 0 aromatic heterocycles. The SMILES string of the molecule is O=C1OC(c2cc([N+](=O)[O-])ccc2Cl)=N/C1=C\c1ccccc1OCCc1ccccc1. The van der Waals surface area contributed by atoms with Crippen LogP contribution in [0.15, 0.2) is 83.5 Å². The van der Waals surface area contributed by atoms with Crippen molar-refractivity contribution >= 4 is 35.2 Å². The second-order valence-electron chi connectivity index (χ2n) is 6.88. The number of halogens is 1. The summed E-state index contributed by atoms with van der Waals surface area (Å²) < 4.78 is 11.1. The smallest absolute Gasteiger partial charge is 0.363 e. The van der Waals surface area contributed by atoms with Crippen LogP contribution in [0.25, 0.3) is 6.08 Å². The van der Waals surface area contributed by atoms with Crippen LogP contribution in [-0.2, 0) is 16.0 Å². The third kappa shape index (κ3) is 4.84. The van der Waals surface area contributed by atoms with Crippen molar-refractivity contribution in [3.8, 4) is 5.75 Å². The van der Waals surface area contributed by atoms with E-state index in [-0.39, 0.29) is 27.9 Å². The number of hydrogen-bond acceptors (Lipinski definition) is 6. The molecule has 0 radical (unpaired) electrons. The quantitative estimate of drug-likeness (QED) is 0.214. The minimum Gasteiger partial charge on any atom is -0.493 e. The highest BCUT2D eigenvalue weighted by molar-refractivity contribution is 6.34. The Morgan fingerprint density at radius 2 is 1.81 bits per heavy atom. The normalized spacial score (nSPS) is 14.2. The third-order valence-electron chi connectivity index (χ3n) is 4.71. The number of nitro benzene ring substituents is 1. The molecule has 1 aliphatic heterocycles. The maximum atomic E-state index is 12.4. The fourth-order valence-corrected chi connectivity index (χ4v) is 3.32. The lowest BCUT2D eigenvalue weighted by Gasteiger charge is -2.09. The van der Waals surface area contributed by atoms with Gasteiger partial charge in [0.15, 0.2) is 5.70 Å². The van der Waals surface area contributed by atoms with E-state index in [1.54, 1.807) is 18.2 Å². The van der Waals surface area contributed by atoms with E-state index in [1.807, 2.05) is 42.5 Å². The summed E-state index contributed by atoms with van der Waals surface area (Å²) in [6.07, 6.45) is 2.29. The number of nitrogens with zero attached hydrogens (tertiary/aromatic N) is 2. The predicted octanol–water partition coefficient (Wildman–Crippen LogP) is 5.21. The van der Waals surface area contributed by atoms with Crippen molar-refractivity contribution in [1.82, 2.24) is 0 Å². The van der Waals surface area contributed by atoms with Gasteiger partial charge in [0.25, 0.3) is 5.69 Å². The summed E-state index contributed by atoms with van der Waals surface area (Å²) in [6.45, 7) is 0.465. The fourth-order valence-electron chi connectivity index (χ4n) is 3.12. The number of hydrogen-bond donors (Lipinski definition) is 0. The zero-order chi connectivity index (χ0) is 22.5. The second kappa shape index (κ2) is 9.45. The summed E-state index contributed by atoms with van der Waals surface area (Å²) in [5, 5.41) is 11.2. The van der Waals surface area contributed by atoms with Gasteiger partial charge < -0.3 is 9.47 Å². The summed E-state index contributed by atoms with van der Waals surface area (Å²) in [5.74, 6) is -0.167. The molecule has 0 saturated carbocycles. The molecule has 0 bridgehead atoms. The Bertz CT molecular complexity index is 1240. The molecule has 4 rings (SSSR count). The van der Waals surface area contributed by atoms with Crippen molar-refractivity contribution < 1.29 is 19.2 Å². The van der Waals surface area contributed by atoms with Crippen molar-refractivity contribution in [3.05, 3.63) is 110 Å². The summed E-state index contributed by atoms with van der Waals surface area (Å²) in [7, 11) is 0. The number of aliphatic imine (C=N–C) groups is 1. The average molecular weight is 449 g/mol. The minimum absolute atomic E-state index is 0.0432. The van der Waals surface area contributed by atoms with Gasteiger partial charge in [-0.05, 0) is 23.8 Å². The van der Waals surface area contributed by atoms with Crippen LogP contribution in [0.3, 0.4) is 0 Å². The van der Waals surface area contributed by atoms with Gasteiger partial charge in [0.1, 0.15) is 5.75 Å². The predicted molar refractivity (Wildman–Crippen MR) is 121 cm³/mol. The maximum absolute atomic E-state index is 12.4. The Balaban J connectivity index is 1.56. The van der Waals surface area contributed by atoms with Crippen LogP contribution < -0.4 is 4.74 Å². The van der Waals surface area contributed by atoms with Crippen LogP contribution in [0.5, 0.6) is 5.75 Å². The molecule has 3 aromatic rings. The molecule has 8 heteroatoms. The number of nitro groups is 1. The van der Waals surface area contributed by atoms with Crippen LogP contribution in [0, 0.1) is 10.1 Å². The van der Waals surface area contributed by atoms with Crippen LogP contribution in [0.4, 0.5) is 5.69 Å². The molecule has 0 amide bonds. The van der Waals surface area contributed by atoms with Gasteiger partial charge in [0.05, 0.1) is 22.1 Å². The maximum Gasteiger partial charge on any atom is 0.363 e. The number of non-ortho nitro benzene ring substituents is 1. The highest BCUT2D eigenvalue weighted by Crippen LogP contribution is 2.28. The fraction of sp³-hybridized carbons (Fsp3) is 0.0833. The molecule has 160 valence electrons. The molecule has 0 fully saturated rings. The second-order valence-corrected chi connectivity index (χ2v) is 7.29. The lowest BCUT2D eigenvalue weighted by atomic mass is 10.1. The van der Waals surface area contributed by atoms with Gasteiger partial charge in [-0.15, -0.1) is 0 Å². The molecule has 0 aliphatic carbocycles. The molecule has 32 heavy (non-hydrogen) atoms. The molecule has 0 saturated heterocycles. The van der Waals surface area contributed by atoms with E-state index in [1.165, 1.54) is 18.2 Å². The van der Waals surface area contributed by atoms with E-state index < -0.39 is 10.9 Å². The number of para-hydroxylation sites is 1. The first-order valence-electron chi connectivity index (χ1n) is 9.74. The van der Waals surface area contributed by atoms with Gasteiger partial charge >= 0.3 is 5.97 Å². The topological polar surface area (TPSA) is 91.0 Å². The molecule has 0 atom stereocenters. The Labute approximate surface area is 188 Å². The highest BCUT2D eigenvalue weighted by Gasteiger charge is 2.27. The Morgan fingerprint density at radius 1 is 1.06 bits per heavy atom. The van der Waals surface area contributed by atoms with Gasteiger partial charge in [0, 0.05) is 24.1 Å². The summed E-state index contributed by atoms with van der Waals surface area (Å²) in [6, 6.07) is 21.1. The van der Waals surface area contributed by atoms with Crippen molar-refractivity contribution in [2.45, 2.75) is 6.42 Å². The van der Waals surface area contributed by atoms with Crippen LogP contribution in [0.1, 0.15) is 16.7 Å². The van der Waals surface area contributed by atoms with E-state index in [0.717, 1.165) is 12.0 Å². The van der Waals surface area contributed by atoms with Crippen LogP contribution in [-0.4, -0.2) is 23.4 Å². The van der Waals surface area contributed by atoms with E-state index in [9.17, 15) is 14.9 Å². The molecule has 3 aromatic carbocycles. The summed E-state index contributed by atoms with van der Waals surface area (Å²) in [4.78, 5) is 27.1. The van der Waals surface area contributed by atoms with Gasteiger partial charge in [-0.25, -0.2) is 9.79 Å². The van der Waals surface area contributed by atoms with Crippen LogP contribution in [0.2, 0.25) is 5.02 Å². The first kappa shape index (κ1) is 21.3. The number of esters is 1. The van der Waals surface area contributed by atoms with Crippen molar-refractivity contribution in [2.24, 2.45) is 4.99 Å². The van der Waals surface area contributed by atoms with E-state index in [2.05, 4.69) is 4.99 Å². The van der Waals surface area contributed by atoms with E-state index in [4.69, 9.17) is 21.1 Å². The van der Waals surface area contributed by atoms with Crippen molar-refractivity contribution in [1.29, 1.82) is 0 Å². The largest absolute Gasteiger partial charge is 0.493 e. The number of benzene rings is 3. The Kier molecular flexibility index (Phi) is 6.28. The molecule has 0 unspecified atom stereocenters. The summed E-state index contributed by atoms with van der Waals surface area (Å²) in [5.41, 5.74) is 1.85. The Hall–Kier alpha value is -3.97. The van der Waals surface area contributed by atoms with Crippen molar-refractivity contribution in [3.63, 3.8) is 0 Å². The lowest BCUT2D eigenvalue weighted by molar-refractivity contribution is -0.384. The minimum atomic E-state index is -0.679. The number of carbonyl (C=O) groups excluding carboxylic acids is 1. The van der Waals surface area contributed by atoms with E-state index >= 15 is 0 Å². The average Bonchev–Trinajstić information content (AvgIpc) is 3.15. The van der Waals surface area contributed by atoms with Crippen LogP contribution >= 0.6 is 11.6 Å². The van der Waals surface area contributed by atoms with Gasteiger partial charge in [-0.3, -0.25) is 10.1 Å². The van der Waals surface area contributed by atoms with Gasteiger partial charge in [0.2, 0.25) is 5.90 Å². The highest BCUT2D eigenvalue weighted by atomic mass is 35.5. The standard InChI is InChI=1S/C24H17ClN2O5/c25-20-11-10-18(27(29)30)15-19(20)23-26-21(24(28)32-23)14-17-8-4-5-9-22(17)31-13-12-16-6-2-1-3-7-16/h1-11,14-15H,12-13H2/b21-14-. The molecule has 0 N–H and O–H groups in total.